The van der Waals surface area contributed by atoms with Crippen LogP contribution < -0.4 is 5.56 Å². The first-order chi connectivity index (χ1) is 8.25. The quantitative estimate of drug-likeness (QED) is 0.912. The van der Waals surface area contributed by atoms with Crippen molar-refractivity contribution in [3.8, 4) is 0 Å². The van der Waals surface area contributed by atoms with Gasteiger partial charge in [-0.15, -0.1) is 0 Å². The monoisotopic (exact) mass is 272 g/mol. The van der Waals surface area contributed by atoms with Gasteiger partial charge in [0.2, 0.25) is 0 Å². The van der Waals surface area contributed by atoms with Gasteiger partial charge >= 0.3 is 5.97 Å². The molecule has 0 aliphatic rings. The van der Waals surface area contributed by atoms with Crippen LogP contribution in [0.2, 0.25) is 5.15 Å². The first-order valence-corrected chi connectivity index (χ1v) is 6.11. The summed E-state index contributed by atoms with van der Waals surface area (Å²) >= 11 is 5.91. The van der Waals surface area contributed by atoms with E-state index in [-0.39, 0.29) is 11.1 Å². The van der Waals surface area contributed by atoms with Crippen LogP contribution in [0, 0.1) is 19.8 Å². The Labute approximate surface area is 110 Å². The molecule has 5 nitrogen and oxygen atoms in total. The van der Waals surface area contributed by atoms with Gasteiger partial charge in [-0.3, -0.25) is 4.79 Å². The van der Waals surface area contributed by atoms with Gasteiger partial charge in [-0.1, -0.05) is 25.4 Å². The SMILES string of the molecule is Cc1c(Cl)nn(C(CC(C)C)C(=O)O)c(=O)c1C. The lowest BCUT2D eigenvalue weighted by molar-refractivity contribution is -0.141. The number of nitrogens with zero attached hydrogens (tertiary/aromatic N) is 2. The molecule has 0 aromatic carbocycles. The van der Waals surface area contributed by atoms with Crippen LogP contribution in [0.5, 0.6) is 0 Å². The molecule has 0 saturated carbocycles. The zero-order valence-corrected chi connectivity index (χ0v) is 11.7. The van der Waals surface area contributed by atoms with E-state index in [1.165, 1.54) is 0 Å². The molecule has 1 aromatic heterocycles. The summed E-state index contributed by atoms with van der Waals surface area (Å²) in [7, 11) is 0. The fraction of sp³-hybridized carbons (Fsp3) is 0.583. The van der Waals surface area contributed by atoms with E-state index in [9.17, 15) is 14.7 Å². The maximum atomic E-state index is 12.0. The van der Waals surface area contributed by atoms with Crippen molar-refractivity contribution >= 4 is 17.6 Å². The van der Waals surface area contributed by atoms with Crippen molar-refractivity contribution in [3.63, 3.8) is 0 Å². The molecule has 1 unspecified atom stereocenters. The molecular formula is C12H17ClN2O3. The summed E-state index contributed by atoms with van der Waals surface area (Å²) in [6.07, 6.45) is 0.334. The zero-order valence-electron chi connectivity index (χ0n) is 10.9. The Morgan fingerprint density at radius 3 is 2.39 bits per heavy atom. The average Bonchev–Trinajstić information content (AvgIpc) is 2.28. The first-order valence-electron chi connectivity index (χ1n) is 5.74. The third kappa shape index (κ3) is 2.90. The molecule has 1 N–H and O–H groups in total. The Balaban J connectivity index is 3.38. The molecule has 0 fully saturated rings. The van der Waals surface area contributed by atoms with Crippen molar-refractivity contribution in [1.82, 2.24) is 9.78 Å². The first kappa shape index (κ1) is 14.7. The number of carboxylic acids is 1. The van der Waals surface area contributed by atoms with E-state index in [1.54, 1.807) is 13.8 Å². The molecule has 1 rings (SSSR count). The van der Waals surface area contributed by atoms with Crippen molar-refractivity contribution in [3.05, 3.63) is 26.6 Å². The van der Waals surface area contributed by atoms with Crippen LogP contribution in [0.3, 0.4) is 0 Å². The predicted octanol–water partition coefficient (Wildman–Crippen LogP) is 2.19. The summed E-state index contributed by atoms with van der Waals surface area (Å²) in [5.74, 6) is -0.933. The standard InChI is InChI=1S/C12H17ClN2O3/c1-6(2)5-9(12(17)18)15-11(16)8(4)7(3)10(13)14-15/h6,9H,5H2,1-4H3,(H,17,18). The van der Waals surface area contributed by atoms with E-state index < -0.39 is 17.6 Å². The highest BCUT2D eigenvalue weighted by Gasteiger charge is 2.25. The lowest BCUT2D eigenvalue weighted by atomic mass is 10.0. The van der Waals surface area contributed by atoms with Gasteiger partial charge in [-0.05, 0) is 31.7 Å². The van der Waals surface area contributed by atoms with Crippen LogP contribution in [0.25, 0.3) is 0 Å². The van der Waals surface area contributed by atoms with Crippen LogP contribution in [0.15, 0.2) is 4.79 Å². The fourth-order valence-electron chi connectivity index (χ4n) is 1.66. The predicted molar refractivity (Wildman–Crippen MR) is 69.1 cm³/mol. The maximum Gasteiger partial charge on any atom is 0.328 e. The number of aromatic nitrogens is 2. The van der Waals surface area contributed by atoms with E-state index in [4.69, 9.17) is 11.6 Å². The minimum absolute atomic E-state index is 0.139. The average molecular weight is 273 g/mol. The molecule has 0 saturated heterocycles. The van der Waals surface area contributed by atoms with E-state index >= 15 is 0 Å². The molecule has 0 aliphatic carbocycles. The summed E-state index contributed by atoms with van der Waals surface area (Å²) in [5.41, 5.74) is 0.626. The van der Waals surface area contributed by atoms with Crippen LogP contribution in [-0.2, 0) is 4.79 Å². The van der Waals surface area contributed by atoms with Gasteiger partial charge in [0.1, 0.15) is 0 Å². The normalized spacial score (nSPS) is 12.8. The third-order valence-electron chi connectivity index (χ3n) is 2.87. The van der Waals surface area contributed by atoms with Crippen molar-refractivity contribution in [1.29, 1.82) is 0 Å². The van der Waals surface area contributed by atoms with Crippen LogP contribution in [-0.4, -0.2) is 20.9 Å². The molecule has 0 amide bonds. The van der Waals surface area contributed by atoms with Gasteiger partial charge in [0.15, 0.2) is 11.2 Å². The van der Waals surface area contributed by atoms with Crippen molar-refractivity contribution < 1.29 is 9.90 Å². The third-order valence-corrected chi connectivity index (χ3v) is 3.23. The van der Waals surface area contributed by atoms with E-state index in [1.807, 2.05) is 13.8 Å². The highest BCUT2D eigenvalue weighted by Crippen LogP contribution is 2.18. The number of halogens is 1. The number of rotatable bonds is 4. The fourth-order valence-corrected chi connectivity index (χ4v) is 1.89. The highest BCUT2D eigenvalue weighted by molar-refractivity contribution is 6.30. The van der Waals surface area contributed by atoms with Crippen LogP contribution in [0.1, 0.15) is 37.4 Å². The molecule has 0 aliphatic heterocycles. The van der Waals surface area contributed by atoms with Crippen molar-refractivity contribution in [2.75, 3.05) is 0 Å². The van der Waals surface area contributed by atoms with E-state index in [0.717, 1.165) is 4.68 Å². The van der Waals surface area contributed by atoms with Crippen molar-refractivity contribution in [2.24, 2.45) is 5.92 Å². The molecule has 0 spiro atoms. The molecular weight excluding hydrogens is 256 g/mol. The lowest BCUT2D eigenvalue weighted by Gasteiger charge is -2.17. The Kier molecular flexibility index (Phi) is 4.51. The smallest absolute Gasteiger partial charge is 0.328 e. The highest BCUT2D eigenvalue weighted by atomic mass is 35.5. The molecule has 1 atom stereocenters. The van der Waals surface area contributed by atoms with Gasteiger partial charge in [0.05, 0.1) is 0 Å². The summed E-state index contributed by atoms with van der Waals surface area (Å²) < 4.78 is 0.979. The molecule has 6 heteroatoms. The number of carboxylic acid groups (broad SMARTS) is 1. The van der Waals surface area contributed by atoms with Gasteiger partial charge < -0.3 is 5.11 Å². The number of aliphatic carboxylic acids is 1. The topological polar surface area (TPSA) is 72.2 Å². The van der Waals surface area contributed by atoms with Gasteiger partial charge in [-0.2, -0.15) is 5.10 Å². The van der Waals surface area contributed by atoms with Crippen LogP contribution >= 0.6 is 11.6 Å². The second-order valence-electron chi connectivity index (χ2n) is 4.77. The minimum Gasteiger partial charge on any atom is -0.480 e. The maximum absolute atomic E-state index is 12.0. The summed E-state index contributed by atoms with van der Waals surface area (Å²) in [5, 5.41) is 13.3. The lowest BCUT2D eigenvalue weighted by Crippen LogP contribution is -2.34. The number of hydrogen-bond acceptors (Lipinski definition) is 3. The van der Waals surface area contributed by atoms with E-state index in [0.29, 0.717) is 17.5 Å². The zero-order chi connectivity index (χ0) is 14.0. The summed E-state index contributed by atoms with van der Waals surface area (Å²) in [6.45, 7) is 7.10. The summed E-state index contributed by atoms with van der Waals surface area (Å²) in [6, 6.07) is -0.978. The Bertz CT molecular complexity index is 523. The second kappa shape index (κ2) is 5.52. The van der Waals surface area contributed by atoms with Gasteiger partial charge in [0, 0.05) is 5.56 Å². The molecule has 1 heterocycles. The Morgan fingerprint density at radius 1 is 1.39 bits per heavy atom. The molecule has 18 heavy (non-hydrogen) atoms. The second-order valence-corrected chi connectivity index (χ2v) is 5.13. The molecule has 0 radical (unpaired) electrons. The van der Waals surface area contributed by atoms with Crippen LogP contribution in [0.4, 0.5) is 0 Å². The number of carbonyl (C=O) groups is 1. The number of hydrogen-bond donors (Lipinski definition) is 1. The Morgan fingerprint density at radius 2 is 1.94 bits per heavy atom. The van der Waals surface area contributed by atoms with Gasteiger partial charge in [-0.25, -0.2) is 9.48 Å². The largest absolute Gasteiger partial charge is 0.480 e. The van der Waals surface area contributed by atoms with E-state index in [2.05, 4.69) is 5.10 Å². The molecule has 0 bridgehead atoms. The minimum atomic E-state index is -1.07. The summed E-state index contributed by atoms with van der Waals surface area (Å²) in [4.78, 5) is 23.3. The molecule has 100 valence electrons. The Hall–Kier alpha value is -1.36. The van der Waals surface area contributed by atoms with Gasteiger partial charge in [0.25, 0.3) is 5.56 Å². The van der Waals surface area contributed by atoms with Crippen molar-refractivity contribution in [2.45, 2.75) is 40.2 Å². The molecule has 1 aromatic rings.